The van der Waals surface area contributed by atoms with Crippen molar-refractivity contribution in [3.05, 3.63) is 41.6 Å². The summed E-state index contributed by atoms with van der Waals surface area (Å²) in [6.45, 7) is 2.66. The van der Waals surface area contributed by atoms with Crippen molar-refractivity contribution in [1.82, 2.24) is 9.88 Å². The number of benzene rings is 1. The number of carboxylic acid groups (broad SMARTS) is 1. The van der Waals surface area contributed by atoms with Gasteiger partial charge in [-0.1, -0.05) is 18.2 Å². The molecule has 132 valence electrons. The molecule has 1 amide bonds. The molecule has 0 radical (unpaired) electrons. The number of likely N-dealkylation sites (tertiary alicyclic amines) is 1. The number of carbonyl (C=O) groups excluding carboxylic acids is 1. The van der Waals surface area contributed by atoms with Crippen LogP contribution in [0.5, 0.6) is 0 Å². The third kappa shape index (κ3) is 3.22. The average Bonchev–Trinajstić information content (AvgIpc) is 2.60. The Morgan fingerprint density at radius 3 is 2.84 bits per heavy atom. The van der Waals surface area contributed by atoms with Crippen molar-refractivity contribution < 1.29 is 19.4 Å². The third-order valence-corrected chi connectivity index (χ3v) is 4.81. The zero-order chi connectivity index (χ0) is 18.0. The Kier molecular flexibility index (Phi) is 4.72. The van der Waals surface area contributed by atoms with Crippen LogP contribution >= 0.6 is 0 Å². The maximum absolute atomic E-state index is 13.1. The van der Waals surface area contributed by atoms with E-state index < -0.39 is 11.4 Å². The smallest absolute Gasteiger partial charge is 0.313 e. The number of nitrogens with zero attached hydrogens (tertiary/aromatic N) is 2. The minimum absolute atomic E-state index is 0.0994. The van der Waals surface area contributed by atoms with Gasteiger partial charge >= 0.3 is 5.97 Å². The first-order valence-electron chi connectivity index (χ1n) is 8.35. The van der Waals surface area contributed by atoms with Crippen molar-refractivity contribution in [2.75, 3.05) is 26.8 Å². The summed E-state index contributed by atoms with van der Waals surface area (Å²) >= 11 is 0. The minimum Gasteiger partial charge on any atom is -0.481 e. The van der Waals surface area contributed by atoms with Crippen LogP contribution in [0.4, 0.5) is 0 Å². The molecule has 1 aromatic heterocycles. The maximum Gasteiger partial charge on any atom is 0.313 e. The number of hydrogen-bond donors (Lipinski definition) is 1. The topological polar surface area (TPSA) is 79.7 Å². The molecular weight excluding hydrogens is 320 g/mol. The van der Waals surface area contributed by atoms with Crippen molar-refractivity contribution in [1.29, 1.82) is 0 Å². The lowest BCUT2D eigenvalue weighted by Crippen LogP contribution is -2.52. The van der Waals surface area contributed by atoms with Crippen LogP contribution < -0.4 is 0 Å². The van der Waals surface area contributed by atoms with Crippen molar-refractivity contribution in [2.24, 2.45) is 5.41 Å². The van der Waals surface area contributed by atoms with Crippen molar-refractivity contribution in [2.45, 2.75) is 19.8 Å². The molecular formula is C19H22N2O4. The Hall–Kier alpha value is -2.47. The zero-order valence-electron chi connectivity index (χ0n) is 14.5. The van der Waals surface area contributed by atoms with E-state index in [-0.39, 0.29) is 19.1 Å². The highest BCUT2D eigenvalue weighted by atomic mass is 16.5. The summed E-state index contributed by atoms with van der Waals surface area (Å²) in [4.78, 5) is 31.1. The molecule has 6 nitrogen and oxygen atoms in total. The van der Waals surface area contributed by atoms with Gasteiger partial charge in [-0.05, 0) is 31.9 Å². The molecule has 0 saturated carbocycles. The van der Waals surface area contributed by atoms with E-state index in [4.69, 9.17) is 4.74 Å². The van der Waals surface area contributed by atoms with Crippen molar-refractivity contribution >= 4 is 22.8 Å². The SMILES string of the molecule is COCC1(C(=O)O)CCCN(C(=O)c2cc(C)nc3ccccc23)C1. The van der Waals surface area contributed by atoms with Gasteiger partial charge in [-0.25, -0.2) is 0 Å². The Labute approximate surface area is 146 Å². The van der Waals surface area contributed by atoms with Gasteiger partial charge in [0.25, 0.3) is 5.91 Å². The predicted octanol–water partition coefficient (Wildman–Crippen LogP) is 2.50. The fraction of sp³-hybridized carbons (Fsp3) is 0.421. The van der Waals surface area contributed by atoms with Crippen molar-refractivity contribution in [3.8, 4) is 0 Å². The summed E-state index contributed by atoms with van der Waals surface area (Å²) in [7, 11) is 1.49. The number of hydrogen-bond acceptors (Lipinski definition) is 4. The summed E-state index contributed by atoms with van der Waals surface area (Å²) in [5.74, 6) is -1.06. The van der Waals surface area contributed by atoms with Crippen LogP contribution in [-0.2, 0) is 9.53 Å². The molecule has 1 fully saturated rings. The van der Waals surface area contributed by atoms with Crippen molar-refractivity contribution in [3.63, 3.8) is 0 Å². The summed E-state index contributed by atoms with van der Waals surface area (Å²) in [6.07, 6.45) is 1.15. The fourth-order valence-corrected chi connectivity index (χ4v) is 3.59. The fourth-order valence-electron chi connectivity index (χ4n) is 3.59. The monoisotopic (exact) mass is 342 g/mol. The maximum atomic E-state index is 13.1. The molecule has 0 bridgehead atoms. The summed E-state index contributed by atoms with van der Waals surface area (Å²) in [5, 5.41) is 10.5. The van der Waals surface area contributed by atoms with Gasteiger partial charge in [0.15, 0.2) is 0 Å². The van der Waals surface area contributed by atoms with Gasteiger partial charge < -0.3 is 14.7 Å². The summed E-state index contributed by atoms with van der Waals surface area (Å²) in [5.41, 5.74) is 1.06. The number of methoxy groups -OCH3 is 1. The molecule has 1 aromatic carbocycles. The van der Waals surface area contributed by atoms with Crippen LogP contribution in [0.3, 0.4) is 0 Å². The van der Waals surface area contributed by atoms with Gasteiger partial charge in [0.2, 0.25) is 0 Å². The summed E-state index contributed by atoms with van der Waals surface area (Å²) < 4.78 is 5.14. The second-order valence-corrected chi connectivity index (χ2v) is 6.68. The number of aryl methyl sites for hydroxylation is 1. The number of ether oxygens (including phenoxy) is 1. The number of carbonyl (C=O) groups is 2. The normalized spacial score (nSPS) is 20.6. The second kappa shape index (κ2) is 6.80. The number of pyridine rings is 1. The number of carboxylic acids is 1. The molecule has 2 aromatic rings. The molecule has 0 spiro atoms. The Bertz CT molecular complexity index is 816. The lowest BCUT2D eigenvalue weighted by atomic mass is 9.80. The molecule has 1 saturated heterocycles. The Morgan fingerprint density at radius 1 is 1.36 bits per heavy atom. The largest absolute Gasteiger partial charge is 0.481 e. The predicted molar refractivity (Wildman–Crippen MR) is 93.6 cm³/mol. The molecule has 2 heterocycles. The first kappa shape index (κ1) is 17.4. The average molecular weight is 342 g/mol. The molecule has 6 heteroatoms. The molecule has 1 aliphatic rings. The van der Waals surface area contributed by atoms with Gasteiger partial charge in [-0.15, -0.1) is 0 Å². The number of aromatic nitrogens is 1. The number of piperidine rings is 1. The van der Waals surface area contributed by atoms with E-state index in [1.807, 2.05) is 31.2 Å². The number of aliphatic carboxylic acids is 1. The second-order valence-electron chi connectivity index (χ2n) is 6.68. The van der Waals surface area contributed by atoms with Crippen LogP contribution in [0.2, 0.25) is 0 Å². The van der Waals surface area contributed by atoms with E-state index in [0.717, 1.165) is 16.6 Å². The van der Waals surface area contributed by atoms with Gasteiger partial charge in [0.05, 0.1) is 17.7 Å². The van der Waals surface area contributed by atoms with Crippen LogP contribution in [0, 0.1) is 12.3 Å². The molecule has 1 N–H and O–H groups in total. The minimum atomic E-state index is -1.04. The van der Waals surface area contributed by atoms with Gasteiger partial charge in [0, 0.05) is 31.3 Å². The highest BCUT2D eigenvalue weighted by Crippen LogP contribution is 2.32. The Morgan fingerprint density at radius 2 is 2.12 bits per heavy atom. The number of para-hydroxylation sites is 1. The van der Waals surface area contributed by atoms with Crippen LogP contribution in [0.15, 0.2) is 30.3 Å². The lowest BCUT2D eigenvalue weighted by molar-refractivity contribution is -0.155. The number of fused-ring (bicyclic) bond motifs is 1. The molecule has 0 aliphatic carbocycles. The molecule has 1 unspecified atom stereocenters. The van der Waals surface area contributed by atoms with Crippen LogP contribution in [0.25, 0.3) is 10.9 Å². The Balaban J connectivity index is 1.97. The van der Waals surface area contributed by atoms with E-state index in [1.165, 1.54) is 7.11 Å². The van der Waals surface area contributed by atoms with Crippen LogP contribution in [0.1, 0.15) is 28.9 Å². The van der Waals surface area contributed by atoms with Crippen LogP contribution in [-0.4, -0.2) is 53.7 Å². The van der Waals surface area contributed by atoms with E-state index in [2.05, 4.69) is 4.98 Å². The van der Waals surface area contributed by atoms with E-state index in [9.17, 15) is 14.7 Å². The quantitative estimate of drug-likeness (QED) is 0.923. The van der Waals surface area contributed by atoms with Gasteiger partial charge in [-0.3, -0.25) is 14.6 Å². The lowest BCUT2D eigenvalue weighted by Gasteiger charge is -2.39. The summed E-state index contributed by atoms with van der Waals surface area (Å²) in [6, 6.07) is 9.29. The zero-order valence-corrected chi connectivity index (χ0v) is 14.5. The third-order valence-electron chi connectivity index (χ3n) is 4.81. The molecule has 3 rings (SSSR count). The highest BCUT2D eigenvalue weighted by Gasteiger charge is 2.44. The van der Waals surface area contributed by atoms with E-state index in [0.29, 0.717) is 24.9 Å². The molecule has 1 aliphatic heterocycles. The van der Waals surface area contributed by atoms with E-state index >= 15 is 0 Å². The highest BCUT2D eigenvalue weighted by molar-refractivity contribution is 6.06. The number of rotatable bonds is 4. The van der Waals surface area contributed by atoms with Gasteiger partial charge in [-0.2, -0.15) is 0 Å². The molecule has 25 heavy (non-hydrogen) atoms. The van der Waals surface area contributed by atoms with E-state index in [1.54, 1.807) is 11.0 Å². The number of amides is 1. The molecule has 1 atom stereocenters. The standard InChI is InChI=1S/C19H22N2O4/c1-13-10-15(14-6-3-4-7-16(14)20-13)17(22)21-9-5-8-19(11-21,12-25-2)18(23)24/h3-4,6-7,10H,5,8-9,11-12H2,1-2H3,(H,23,24). The first-order chi connectivity index (χ1) is 12.0. The first-order valence-corrected chi connectivity index (χ1v) is 8.35. The van der Waals surface area contributed by atoms with Gasteiger partial charge in [0.1, 0.15) is 5.41 Å².